The van der Waals surface area contributed by atoms with Gasteiger partial charge in [-0.2, -0.15) is 0 Å². The lowest BCUT2D eigenvalue weighted by molar-refractivity contribution is 0.179. The fraction of sp³-hybridized carbons (Fsp3) is 0.562. The van der Waals surface area contributed by atoms with Gasteiger partial charge >= 0.3 is 0 Å². The van der Waals surface area contributed by atoms with Crippen molar-refractivity contribution < 1.29 is 4.74 Å². The van der Waals surface area contributed by atoms with Crippen LogP contribution in [0.25, 0.3) is 0 Å². The molecule has 7 heteroatoms. The first-order valence-corrected chi connectivity index (χ1v) is 8.43. The molecular formula is C16H26BrIN4O. The summed E-state index contributed by atoms with van der Waals surface area (Å²) < 4.78 is 6.19. The molecule has 1 aliphatic rings. The standard InChI is InChI=1S/C16H25BrN4O.HI/c1-12(11-22-2)20-16(18)19-9-13-6-7-21(10-13)15-5-3-4-14(17)8-15;/h3-5,8,12-13H,6-7,9-11H2,1-2H3,(H3,18,19,20);1H. The summed E-state index contributed by atoms with van der Waals surface area (Å²) in [6.07, 6.45) is 1.15. The molecule has 0 spiro atoms. The van der Waals surface area contributed by atoms with Crippen molar-refractivity contribution in [1.82, 2.24) is 5.32 Å². The number of rotatable bonds is 6. The van der Waals surface area contributed by atoms with Gasteiger partial charge in [0.1, 0.15) is 0 Å². The zero-order valence-electron chi connectivity index (χ0n) is 13.7. The largest absolute Gasteiger partial charge is 0.383 e. The summed E-state index contributed by atoms with van der Waals surface area (Å²) in [5.74, 6) is 1.06. The number of aliphatic imine (C=N–C) groups is 1. The normalized spacial score (nSPS) is 19.3. The first kappa shape index (κ1) is 20.5. The van der Waals surface area contributed by atoms with Gasteiger partial charge in [-0.1, -0.05) is 22.0 Å². The van der Waals surface area contributed by atoms with Gasteiger partial charge in [0.05, 0.1) is 6.61 Å². The Labute approximate surface area is 164 Å². The van der Waals surface area contributed by atoms with Crippen LogP contribution in [0.3, 0.4) is 0 Å². The van der Waals surface area contributed by atoms with Gasteiger partial charge < -0.3 is 20.7 Å². The van der Waals surface area contributed by atoms with E-state index in [9.17, 15) is 0 Å². The molecule has 1 aromatic rings. The predicted octanol–water partition coefficient (Wildman–Crippen LogP) is 2.83. The minimum absolute atomic E-state index is 0. The number of nitrogens with one attached hydrogen (secondary N) is 1. The number of nitrogens with zero attached hydrogens (tertiary/aromatic N) is 2. The van der Waals surface area contributed by atoms with E-state index in [0.717, 1.165) is 30.5 Å². The van der Waals surface area contributed by atoms with Crippen molar-refractivity contribution in [2.45, 2.75) is 19.4 Å². The second-order valence-electron chi connectivity index (χ2n) is 5.81. The molecule has 3 N–H and O–H groups in total. The number of hydrogen-bond donors (Lipinski definition) is 2. The molecule has 1 fully saturated rings. The quantitative estimate of drug-likeness (QED) is 0.361. The molecule has 1 heterocycles. The van der Waals surface area contributed by atoms with Crippen LogP contribution in [-0.2, 0) is 4.74 Å². The molecule has 23 heavy (non-hydrogen) atoms. The third kappa shape index (κ3) is 6.84. The average molecular weight is 497 g/mol. The van der Waals surface area contributed by atoms with Gasteiger partial charge in [-0.15, -0.1) is 24.0 Å². The average Bonchev–Trinajstić information content (AvgIpc) is 2.94. The number of ether oxygens (including phenoxy) is 1. The zero-order valence-corrected chi connectivity index (χ0v) is 17.6. The summed E-state index contributed by atoms with van der Waals surface area (Å²) in [5.41, 5.74) is 7.18. The lowest BCUT2D eigenvalue weighted by atomic mass is 10.1. The highest BCUT2D eigenvalue weighted by molar-refractivity contribution is 14.0. The third-order valence-electron chi connectivity index (χ3n) is 3.79. The minimum Gasteiger partial charge on any atom is -0.383 e. The van der Waals surface area contributed by atoms with Crippen LogP contribution in [0.1, 0.15) is 13.3 Å². The van der Waals surface area contributed by atoms with Crippen LogP contribution in [0, 0.1) is 5.92 Å². The summed E-state index contributed by atoms with van der Waals surface area (Å²) in [7, 11) is 1.68. The lowest BCUT2D eigenvalue weighted by Gasteiger charge is -2.18. The Bertz CT molecular complexity index is 515. The van der Waals surface area contributed by atoms with E-state index in [2.05, 4.69) is 55.4 Å². The number of methoxy groups -OCH3 is 1. The van der Waals surface area contributed by atoms with Crippen LogP contribution in [0.5, 0.6) is 0 Å². The maximum atomic E-state index is 5.91. The smallest absolute Gasteiger partial charge is 0.188 e. The number of nitrogens with two attached hydrogens (primary N) is 1. The molecule has 5 nitrogen and oxygen atoms in total. The Balaban J connectivity index is 0.00000264. The first-order chi connectivity index (χ1) is 10.6. The molecule has 0 saturated carbocycles. The van der Waals surface area contributed by atoms with E-state index in [1.54, 1.807) is 7.11 Å². The Morgan fingerprint density at radius 1 is 1.57 bits per heavy atom. The molecule has 2 rings (SSSR count). The fourth-order valence-electron chi connectivity index (χ4n) is 2.71. The molecule has 2 unspecified atom stereocenters. The molecule has 1 aliphatic heterocycles. The molecule has 1 aromatic carbocycles. The first-order valence-electron chi connectivity index (χ1n) is 7.64. The highest BCUT2D eigenvalue weighted by Crippen LogP contribution is 2.26. The zero-order chi connectivity index (χ0) is 15.9. The van der Waals surface area contributed by atoms with Gasteiger partial charge in [0.2, 0.25) is 0 Å². The molecular weight excluding hydrogens is 471 g/mol. The van der Waals surface area contributed by atoms with Crippen LogP contribution in [-0.4, -0.2) is 45.4 Å². The molecule has 130 valence electrons. The molecule has 0 amide bonds. The Morgan fingerprint density at radius 2 is 2.35 bits per heavy atom. The minimum atomic E-state index is 0. The highest BCUT2D eigenvalue weighted by Gasteiger charge is 2.22. The fourth-order valence-corrected chi connectivity index (χ4v) is 3.09. The van der Waals surface area contributed by atoms with E-state index >= 15 is 0 Å². The van der Waals surface area contributed by atoms with Gasteiger partial charge in [0.15, 0.2) is 5.96 Å². The Morgan fingerprint density at radius 3 is 3.04 bits per heavy atom. The molecule has 1 saturated heterocycles. The van der Waals surface area contributed by atoms with Crippen LogP contribution in [0.15, 0.2) is 33.7 Å². The van der Waals surface area contributed by atoms with Gasteiger partial charge in [-0.05, 0) is 37.5 Å². The molecule has 0 aliphatic carbocycles. The summed E-state index contributed by atoms with van der Waals surface area (Å²) >= 11 is 3.53. The maximum absolute atomic E-state index is 5.91. The number of benzene rings is 1. The molecule has 0 radical (unpaired) electrons. The number of anilines is 1. The van der Waals surface area contributed by atoms with Crippen molar-refractivity contribution >= 4 is 51.6 Å². The highest BCUT2D eigenvalue weighted by atomic mass is 127. The third-order valence-corrected chi connectivity index (χ3v) is 4.28. The van der Waals surface area contributed by atoms with E-state index in [1.165, 1.54) is 5.69 Å². The SMILES string of the molecule is COCC(C)NC(N)=NCC1CCN(c2cccc(Br)c2)C1.I. The topological polar surface area (TPSA) is 62.9 Å². The van der Waals surface area contributed by atoms with Gasteiger partial charge in [0.25, 0.3) is 0 Å². The van der Waals surface area contributed by atoms with Crippen LogP contribution >= 0.6 is 39.9 Å². The monoisotopic (exact) mass is 496 g/mol. The number of guanidine groups is 1. The second-order valence-corrected chi connectivity index (χ2v) is 6.72. The van der Waals surface area contributed by atoms with Gasteiger partial charge in [-0.3, -0.25) is 4.99 Å². The summed E-state index contributed by atoms with van der Waals surface area (Å²) in [4.78, 5) is 6.87. The van der Waals surface area contributed by atoms with E-state index < -0.39 is 0 Å². The van der Waals surface area contributed by atoms with E-state index in [4.69, 9.17) is 10.5 Å². The van der Waals surface area contributed by atoms with Crippen LogP contribution in [0.4, 0.5) is 5.69 Å². The summed E-state index contributed by atoms with van der Waals surface area (Å²) in [6, 6.07) is 8.61. The van der Waals surface area contributed by atoms with Crippen molar-refractivity contribution in [2.24, 2.45) is 16.6 Å². The van der Waals surface area contributed by atoms with E-state index in [0.29, 0.717) is 18.5 Å². The Hall–Kier alpha value is -0.540. The Kier molecular flexibility index (Phi) is 9.23. The number of halogens is 2. The van der Waals surface area contributed by atoms with Crippen molar-refractivity contribution in [3.8, 4) is 0 Å². The van der Waals surface area contributed by atoms with E-state index in [-0.39, 0.29) is 30.0 Å². The predicted molar refractivity (Wildman–Crippen MR) is 111 cm³/mol. The maximum Gasteiger partial charge on any atom is 0.188 e. The second kappa shape index (κ2) is 10.4. The molecule has 0 bridgehead atoms. The van der Waals surface area contributed by atoms with Gasteiger partial charge in [0, 0.05) is 42.9 Å². The van der Waals surface area contributed by atoms with Crippen molar-refractivity contribution in [3.63, 3.8) is 0 Å². The van der Waals surface area contributed by atoms with Crippen molar-refractivity contribution in [1.29, 1.82) is 0 Å². The molecule has 2 atom stereocenters. The van der Waals surface area contributed by atoms with Crippen molar-refractivity contribution in [3.05, 3.63) is 28.7 Å². The lowest BCUT2D eigenvalue weighted by Crippen LogP contribution is -2.41. The molecule has 0 aromatic heterocycles. The van der Waals surface area contributed by atoms with Crippen LogP contribution < -0.4 is 16.0 Å². The number of hydrogen-bond acceptors (Lipinski definition) is 3. The van der Waals surface area contributed by atoms with Gasteiger partial charge in [-0.25, -0.2) is 0 Å². The van der Waals surface area contributed by atoms with Crippen molar-refractivity contribution in [2.75, 3.05) is 38.3 Å². The summed E-state index contributed by atoms with van der Waals surface area (Å²) in [6.45, 7) is 5.51. The van der Waals surface area contributed by atoms with Crippen LogP contribution in [0.2, 0.25) is 0 Å². The summed E-state index contributed by atoms with van der Waals surface area (Å²) in [5, 5.41) is 3.14. The van der Waals surface area contributed by atoms with E-state index in [1.807, 2.05) is 6.92 Å².